The lowest BCUT2D eigenvalue weighted by Gasteiger charge is -2.34. The van der Waals surface area contributed by atoms with Crippen LogP contribution in [-0.4, -0.2) is 0 Å². The Morgan fingerprint density at radius 1 is 0.647 bits per heavy atom. The Morgan fingerprint density at radius 2 is 1.18 bits per heavy atom. The van der Waals surface area contributed by atoms with Gasteiger partial charge in [-0.15, -0.1) is 0 Å². The second kappa shape index (κ2) is 10.4. The first kappa shape index (κ1) is 23.3. The molecule has 0 nitrogen and oxygen atoms in total. The van der Waals surface area contributed by atoms with Crippen LogP contribution >= 0.6 is 0 Å². The maximum atomic E-state index is 4.04. The average Bonchev–Trinajstić information content (AvgIpc) is 3.21. The van der Waals surface area contributed by atoms with Gasteiger partial charge in [0, 0.05) is 0 Å². The Kier molecular flexibility index (Phi) is 7.09. The van der Waals surface area contributed by atoms with Crippen molar-refractivity contribution in [1.29, 1.82) is 0 Å². The summed E-state index contributed by atoms with van der Waals surface area (Å²) in [6.45, 7) is 10.2. The lowest BCUT2D eigenvalue weighted by molar-refractivity contribution is 0.767. The van der Waals surface area contributed by atoms with Gasteiger partial charge in [0.15, 0.2) is 0 Å². The monoisotopic (exact) mass is 440 g/mol. The molecule has 0 heteroatoms. The van der Waals surface area contributed by atoms with E-state index in [9.17, 15) is 0 Å². The van der Waals surface area contributed by atoms with Gasteiger partial charge in [-0.1, -0.05) is 142 Å². The van der Waals surface area contributed by atoms with Crippen LogP contribution in [0.15, 0.2) is 140 Å². The third kappa shape index (κ3) is 3.76. The highest BCUT2D eigenvalue weighted by molar-refractivity contribution is 5.95. The smallest absolute Gasteiger partial charge is 0.0710 e. The molecule has 34 heavy (non-hydrogen) atoms. The molecule has 0 atom stereocenters. The molecule has 0 bridgehead atoms. The molecule has 0 N–H and O–H groups in total. The minimum absolute atomic E-state index is 0.364. The largest absolute Gasteiger partial charge is 0.0990 e. The van der Waals surface area contributed by atoms with Crippen molar-refractivity contribution in [3.8, 4) is 11.1 Å². The Labute approximate surface area is 204 Å². The molecule has 0 heterocycles. The quantitative estimate of drug-likeness (QED) is 0.297. The number of hydrogen-bond donors (Lipinski definition) is 0. The third-order valence-corrected chi connectivity index (χ3v) is 6.50. The zero-order valence-corrected chi connectivity index (χ0v) is 20.3. The summed E-state index contributed by atoms with van der Waals surface area (Å²) in [4.78, 5) is 0. The number of fused-ring (bicyclic) bond motifs is 1. The van der Waals surface area contributed by atoms with Crippen molar-refractivity contribution < 1.29 is 0 Å². The van der Waals surface area contributed by atoms with Crippen LogP contribution in [0.1, 0.15) is 43.0 Å². The van der Waals surface area contributed by atoms with Gasteiger partial charge >= 0.3 is 0 Å². The summed E-state index contributed by atoms with van der Waals surface area (Å²) in [5.74, 6) is 0. The van der Waals surface area contributed by atoms with Gasteiger partial charge in [0.1, 0.15) is 0 Å². The van der Waals surface area contributed by atoms with Gasteiger partial charge in [-0.3, -0.25) is 0 Å². The van der Waals surface area contributed by atoms with Crippen molar-refractivity contribution in [2.45, 2.75) is 26.2 Å². The molecule has 0 saturated carbocycles. The van der Waals surface area contributed by atoms with E-state index in [-0.39, 0.29) is 5.41 Å². The minimum Gasteiger partial charge on any atom is -0.0990 e. The fraction of sp³-hybridized carbons (Fsp3) is 0.118. The minimum atomic E-state index is -0.364. The highest BCUT2D eigenvalue weighted by atomic mass is 14.5. The van der Waals surface area contributed by atoms with Gasteiger partial charge in [0.2, 0.25) is 0 Å². The fourth-order valence-electron chi connectivity index (χ4n) is 5.23. The van der Waals surface area contributed by atoms with Gasteiger partial charge in [-0.25, -0.2) is 0 Å². The number of rotatable bonds is 4. The first-order valence-electron chi connectivity index (χ1n) is 12.1. The molecule has 0 radical (unpaired) electrons. The second-order valence-electron chi connectivity index (χ2n) is 8.13. The molecule has 168 valence electrons. The lowest BCUT2D eigenvalue weighted by atomic mass is 9.67. The van der Waals surface area contributed by atoms with Crippen LogP contribution in [0.5, 0.6) is 0 Å². The molecule has 4 aromatic carbocycles. The molecular weight excluding hydrogens is 408 g/mol. The van der Waals surface area contributed by atoms with E-state index in [4.69, 9.17) is 0 Å². The third-order valence-electron chi connectivity index (χ3n) is 6.50. The van der Waals surface area contributed by atoms with E-state index in [1.165, 1.54) is 44.5 Å². The SMILES string of the molecule is C=C/C=C1\C(=C/C)C(c2ccccc2)(c2ccccc2)c2ccc(-c3ccccc3)cc21.CC. The molecule has 0 spiro atoms. The normalized spacial score (nSPS) is 16.0. The van der Waals surface area contributed by atoms with E-state index in [1.54, 1.807) is 0 Å². The first-order chi connectivity index (χ1) is 16.8. The van der Waals surface area contributed by atoms with E-state index >= 15 is 0 Å². The van der Waals surface area contributed by atoms with Crippen molar-refractivity contribution in [2.24, 2.45) is 0 Å². The molecule has 0 aliphatic heterocycles. The molecule has 5 rings (SSSR count). The van der Waals surface area contributed by atoms with Crippen molar-refractivity contribution in [3.63, 3.8) is 0 Å². The van der Waals surface area contributed by atoms with Crippen molar-refractivity contribution in [1.82, 2.24) is 0 Å². The molecule has 0 saturated heterocycles. The molecule has 0 unspecified atom stereocenters. The van der Waals surface area contributed by atoms with Gasteiger partial charge in [-0.2, -0.15) is 0 Å². The van der Waals surface area contributed by atoms with Crippen LogP contribution in [0, 0.1) is 0 Å². The van der Waals surface area contributed by atoms with Crippen LogP contribution in [0.25, 0.3) is 16.7 Å². The lowest BCUT2D eigenvalue weighted by Crippen LogP contribution is -2.28. The predicted octanol–water partition coefficient (Wildman–Crippen LogP) is 9.24. The summed E-state index contributed by atoms with van der Waals surface area (Å²) in [5.41, 5.74) is 9.78. The maximum absolute atomic E-state index is 4.04. The van der Waals surface area contributed by atoms with Crippen molar-refractivity contribution in [3.05, 3.63) is 162 Å². The Hall–Kier alpha value is -3.90. The highest BCUT2D eigenvalue weighted by Crippen LogP contribution is 2.57. The zero-order chi connectivity index (χ0) is 24.0. The van der Waals surface area contributed by atoms with E-state index in [0.717, 1.165) is 0 Å². The second-order valence-corrected chi connectivity index (χ2v) is 8.13. The summed E-state index contributed by atoms with van der Waals surface area (Å²) >= 11 is 0. The maximum Gasteiger partial charge on any atom is 0.0710 e. The molecule has 0 amide bonds. The number of hydrogen-bond acceptors (Lipinski definition) is 0. The van der Waals surface area contributed by atoms with Crippen molar-refractivity contribution in [2.75, 3.05) is 0 Å². The van der Waals surface area contributed by atoms with Crippen LogP contribution in [0.3, 0.4) is 0 Å². The Bertz CT molecular complexity index is 1270. The van der Waals surface area contributed by atoms with Gasteiger partial charge in [-0.05, 0) is 57.5 Å². The molecule has 1 aliphatic carbocycles. The van der Waals surface area contributed by atoms with E-state index in [0.29, 0.717) is 0 Å². The highest BCUT2D eigenvalue weighted by Gasteiger charge is 2.47. The van der Waals surface area contributed by atoms with Gasteiger partial charge < -0.3 is 0 Å². The molecule has 4 aromatic rings. The first-order valence-corrected chi connectivity index (χ1v) is 12.1. The van der Waals surface area contributed by atoms with E-state index < -0.39 is 0 Å². The summed E-state index contributed by atoms with van der Waals surface area (Å²) < 4.78 is 0. The topological polar surface area (TPSA) is 0 Å². The Morgan fingerprint density at radius 3 is 1.68 bits per heavy atom. The van der Waals surface area contributed by atoms with Crippen LogP contribution in [0.2, 0.25) is 0 Å². The van der Waals surface area contributed by atoms with E-state index in [1.807, 2.05) is 19.9 Å². The summed E-state index contributed by atoms with van der Waals surface area (Å²) in [7, 11) is 0. The predicted molar refractivity (Wildman–Crippen MR) is 148 cm³/mol. The molecule has 1 aliphatic rings. The van der Waals surface area contributed by atoms with Gasteiger partial charge in [0.25, 0.3) is 0 Å². The molecule has 0 aromatic heterocycles. The van der Waals surface area contributed by atoms with Crippen molar-refractivity contribution >= 4 is 5.57 Å². The fourth-order valence-corrected chi connectivity index (χ4v) is 5.23. The van der Waals surface area contributed by atoms with E-state index in [2.05, 4.69) is 135 Å². The zero-order valence-electron chi connectivity index (χ0n) is 20.3. The van der Waals surface area contributed by atoms with Gasteiger partial charge in [0.05, 0.1) is 5.41 Å². The summed E-state index contributed by atoms with van der Waals surface area (Å²) in [6.07, 6.45) is 6.35. The van der Waals surface area contributed by atoms with Crippen LogP contribution in [-0.2, 0) is 5.41 Å². The van der Waals surface area contributed by atoms with Crippen LogP contribution in [0.4, 0.5) is 0 Å². The average molecular weight is 441 g/mol. The summed E-state index contributed by atoms with van der Waals surface area (Å²) in [5, 5.41) is 0. The summed E-state index contributed by atoms with van der Waals surface area (Å²) in [6, 6.07) is 39.3. The molecular formula is C34H32. The van der Waals surface area contributed by atoms with Crippen LogP contribution < -0.4 is 0 Å². The Balaban J connectivity index is 0.00000133. The standard InChI is InChI=1S/C32H26.C2H6/c1-3-14-28-29-23-25(24-15-8-5-9-16-24)21-22-31(29)32(30(28)4-2,26-17-10-6-11-18-26)27-19-12-7-13-20-27;1-2/h3-23H,1H2,2H3;1-2H3/b28-14-,30-4+;. The number of benzene rings is 4. The molecule has 0 fully saturated rings. The number of allylic oxidation sites excluding steroid dienone is 5.